The van der Waals surface area contributed by atoms with Crippen molar-refractivity contribution in [2.75, 3.05) is 0 Å². The van der Waals surface area contributed by atoms with Crippen molar-refractivity contribution < 1.29 is 15.0 Å². The van der Waals surface area contributed by atoms with Crippen LogP contribution in [-0.2, 0) is 4.79 Å². The first kappa shape index (κ1) is 78.5. The minimum Gasteiger partial charge on any atom is -0.550 e. The summed E-state index contributed by atoms with van der Waals surface area (Å²) < 4.78 is 0. The van der Waals surface area contributed by atoms with Gasteiger partial charge in [-0.1, -0.05) is 444 Å². The molecule has 3 heteroatoms. The number of hydrogen-bond donors (Lipinski definition) is 1. The molecule has 3 nitrogen and oxygen atoms in total. The fraction of sp³-hybridized carbons (Fsp3) is 0.988. The molecule has 2 saturated carbocycles. The molecule has 2 fully saturated rings. The molecule has 0 aromatic rings. The summed E-state index contributed by atoms with van der Waals surface area (Å²) in [6.45, 7) is 4.61. The molecule has 0 amide bonds. The van der Waals surface area contributed by atoms with E-state index in [1.807, 2.05) is 0 Å². The number of unbranched alkanes of at least 4 members (excludes halogenated alkanes) is 59. The number of aliphatic hydroxyl groups is 1. The number of carboxylic acid groups (broad SMARTS) is 1. The van der Waals surface area contributed by atoms with Gasteiger partial charge in [-0.15, -0.1) is 0 Å². The van der Waals surface area contributed by atoms with Crippen LogP contribution in [0.2, 0.25) is 0 Å². The zero-order valence-electron chi connectivity index (χ0n) is 57.4. The van der Waals surface area contributed by atoms with E-state index in [0.29, 0.717) is 12.8 Å². The summed E-state index contributed by atoms with van der Waals surface area (Å²) in [6.07, 6.45) is 98.5. The minimum atomic E-state index is -1.05. The van der Waals surface area contributed by atoms with Crippen LogP contribution in [0.15, 0.2) is 0 Å². The number of carboxylic acids is 1. The van der Waals surface area contributed by atoms with Gasteiger partial charge in [-0.05, 0) is 49.4 Å². The molecule has 2 aliphatic rings. The first-order valence-corrected chi connectivity index (χ1v) is 40.0. The predicted molar refractivity (Wildman–Crippen MR) is 368 cm³/mol. The number of aliphatic carboxylic acids is 1. The number of hydrogen-bond acceptors (Lipinski definition) is 3. The van der Waals surface area contributed by atoms with Gasteiger partial charge in [0.05, 0.1) is 6.10 Å². The van der Waals surface area contributed by atoms with Crippen LogP contribution >= 0.6 is 0 Å². The molecule has 0 heterocycles. The van der Waals surface area contributed by atoms with E-state index in [1.54, 1.807) is 19.3 Å². The zero-order valence-corrected chi connectivity index (χ0v) is 57.4. The van der Waals surface area contributed by atoms with E-state index in [9.17, 15) is 15.0 Å². The van der Waals surface area contributed by atoms with Gasteiger partial charge in [0.15, 0.2) is 0 Å². The van der Waals surface area contributed by atoms with Crippen LogP contribution in [0.4, 0.5) is 0 Å². The summed E-state index contributed by atoms with van der Waals surface area (Å²) in [6, 6.07) is 0. The Balaban J connectivity index is 1.19. The molecule has 4 unspecified atom stereocenters. The van der Waals surface area contributed by atoms with Gasteiger partial charge in [-0.25, -0.2) is 0 Å². The lowest BCUT2D eigenvalue weighted by molar-refractivity contribution is -0.314. The molecule has 0 aromatic carbocycles. The monoisotopic (exact) mass is 1160 g/mol. The van der Waals surface area contributed by atoms with Gasteiger partial charge in [0, 0.05) is 11.9 Å². The van der Waals surface area contributed by atoms with Crippen LogP contribution in [0.1, 0.15) is 470 Å². The molecule has 83 heavy (non-hydrogen) atoms. The van der Waals surface area contributed by atoms with Crippen LogP contribution in [0.25, 0.3) is 0 Å². The summed E-state index contributed by atoms with van der Waals surface area (Å²) >= 11 is 0. The summed E-state index contributed by atoms with van der Waals surface area (Å²) in [5.41, 5.74) is 0. The van der Waals surface area contributed by atoms with Gasteiger partial charge in [-0.3, -0.25) is 0 Å². The lowest BCUT2D eigenvalue weighted by Gasteiger charge is -2.24. The normalized spacial score (nSPS) is 17.4. The van der Waals surface area contributed by atoms with Gasteiger partial charge in [-0.2, -0.15) is 0 Å². The molecule has 0 saturated heterocycles. The van der Waals surface area contributed by atoms with Gasteiger partial charge in [0.25, 0.3) is 0 Å². The second-order valence-electron chi connectivity index (χ2n) is 29.3. The van der Waals surface area contributed by atoms with Crippen molar-refractivity contribution in [2.45, 2.75) is 476 Å². The van der Waals surface area contributed by atoms with Crippen molar-refractivity contribution >= 4 is 5.97 Å². The zero-order chi connectivity index (χ0) is 59.2. The largest absolute Gasteiger partial charge is 0.550 e. The maximum atomic E-state index is 11.9. The summed E-state index contributed by atoms with van der Waals surface area (Å²) in [5, 5.41) is 22.6. The molecule has 0 aromatic heterocycles. The quantitative estimate of drug-likeness (QED) is 0.0618. The molecule has 1 N–H and O–H groups in total. The Morgan fingerprint density at radius 1 is 0.265 bits per heavy atom. The Bertz CT molecular complexity index is 1260. The molecule has 494 valence electrons. The van der Waals surface area contributed by atoms with E-state index in [4.69, 9.17) is 0 Å². The smallest absolute Gasteiger partial charge is 0.0620 e. The van der Waals surface area contributed by atoms with E-state index in [-0.39, 0.29) is 0 Å². The molecule has 2 rings (SSSR count). The average molecular weight is 1170 g/mol. The Labute approximate surface area is 523 Å². The van der Waals surface area contributed by atoms with Gasteiger partial charge < -0.3 is 15.0 Å². The summed E-state index contributed by atoms with van der Waals surface area (Å²) in [4.78, 5) is 11.9. The van der Waals surface area contributed by atoms with Crippen molar-refractivity contribution in [3.05, 3.63) is 0 Å². The molecule has 6 atom stereocenters. The first-order chi connectivity index (χ1) is 41.1. The maximum Gasteiger partial charge on any atom is 0.0620 e. The second-order valence-corrected chi connectivity index (χ2v) is 29.3. The Morgan fingerprint density at radius 2 is 0.422 bits per heavy atom. The molecule has 0 bridgehead atoms. The topological polar surface area (TPSA) is 60.4 Å². The van der Waals surface area contributed by atoms with Gasteiger partial charge in [0.1, 0.15) is 0 Å². The van der Waals surface area contributed by atoms with Gasteiger partial charge >= 0.3 is 0 Å². The standard InChI is InChI=1S/C80H156O3/c1-3-5-7-9-11-13-15-17-19-21-23-24-25-26-28-30-32-40-46-52-58-64-70-78(80(82)83)79(81)71-65-59-53-47-41-35-39-45-51-57-63-69-77-73-76(77)68-62-56-50-44-38-34-33-37-43-49-55-61-67-75-72-74(75)66-60-54-48-42-36-31-29-27-22-20-18-16-14-12-10-8-6-4-2/h74-79,81H,3-73H2,1-2H3,(H,82,83)/p-1/t74?,75?,76?,77?,78-,79-/m1/s1. The van der Waals surface area contributed by atoms with Crippen molar-refractivity contribution in [3.8, 4) is 0 Å². The SMILES string of the molecule is CCCCCCCCCCCCCCCCCCCCCCCC[C@@H](C(=O)[O-])[C@H](O)CCCCCCCCCCCCCC1CC1CCCCCCCCCCCCCCC1CC1CCCCCCCCCCCCCCCCCCCC. The summed E-state index contributed by atoms with van der Waals surface area (Å²) in [5.74, 6) is 2.64. The lowest BCUT2D eigenvalue weighted by atomic mass is 9.91. The van der Waals surface area contributed by atoms with Crippen LogP contribution in [-0.4, -0.2) is 17.2 Å². The third-order valence-electron chi connectivity index (χ3n) is 21.2. The molecule has 0 spiro atoms. The van der Waals surface area contributed by atoms with Crippen molar-refractivity contribution in [1.29, 1.82) is 0 Å². The van der Waals surface area contributed by atoms with E-state index in [2.05, 4.69) is 13.8 Å². The maximum absolute atomic E-state index is 11.9. The molecular weight excluding hydrogens is 1010 g/mol. The number of carbonyl (C=O) groups excluding carboxylic acids is 1. The average Bonchev–Trinajstić information content (AvgIpc) is 4.63. The Morgan fingerprint density at radius 3 is 0.602 bits per heavy atom. The van der Waals surface area contributed by atoms with Crippen molar-refractivity contribution in [3.63, 3.8) is 0 Å². The fourth-order valence-electron chi connectivity index (χ4n) is 14.9. The van der Waals surface area contributed by atoms with Gasteiger partial charge in [0.2, 0.25) is 0 Å². The number of aliphatic hydroxyl groups excluding tert-OH is 1. The van der Waals surface area contributed by atoms with E-state index in [0.717, 1.165) is 49.4 Å². The Kier molecular flexibility index (Phi) is 59.6. The minimum absolute atomic E-state index is 0.573. The highest BCUT2D eigenvalue weighted by atomic mass is 16.4. The molecular formula is C80H155O3-. The van der Waals surface area contributed by atoms with Crippen LogP contribution in [0, 0.1) is 29.6 Å². The highest BCUT2D eigenvalue weighted by Gasteiger charge is 2.36. The number of rotatable bonds is 73. The van der Waals surface area contributed by atoms with Crippen LogP contribution in [0.5, 0.6) is 0 Å². The first-order valence-electron chi connectivity index (χ1n) is 40.0. The third-order valence-corrected chi connectivity index (χ3v) is 21.2. The van der Waals surface area contributed by atoms with E-state index in [1.165, 1.54) is 398 Å². The molecule has 0 aliphatic heterocycles. The van der Waals surface area contributed by atoms with Crippen LogP contribution < -0.4 is 5.11 Å². The third kappa shape index (κ3) is 55.2. The summed E-state index contributed by atoms with van der Waals surface area (Å²) in [7, 11) is 0. The van der Waals surface area contributed by atoms with Crippen molar-refractivity contribution in [1.82, 2.24) is 0 Å². The number of carbonyl (C=O) groups is 1. The van der Waals surface area contributed by atoms with E-state index < -0.39 is 18.0 Å². The second kappa shape index (κ2) is 63.0. The van der Waals surface area contributed by atoms with E-state index >= 15 is 0 Å². The van der Waals surface area contributed by atoms with Crippen molar-refractivity contribution in [2.24, 2.45) is 29.6 Å². The lowest BCUT2D eigenvalue weighted by Crippen LogP contribution is -2.38. The predicted octanol–water partition coefficient (Wildman–Crippen LogP) is 26.9. The Hall–Kier alpha value is -0.570. The molecule has 0 radical (unpaired) electrons. The fourth-order valence-corrected chi connectivity index (χ4v) is 14.9. The van der Waals surface area contributed by atoms with Crippen LogP contribution in [0.3, 0.4) is 0 Å². The highest BCUT2D eigenvalue weighted by molar-refractivity contribution is 5.68. The highest BCUT2D eigenvalue weighted by Crippen LogP contribution is 2.47. The molecule has 2 aliphatic carbocycles.